The fourth-order valence-corrected chi connectivity index (χ4v) is 1.33. The van der Waals surface area contributed by atoms with Crippen molar-refractivity contribution in [3.8, 4) is 11.8 Å². The lowest BCUT2D eigenvalue weighted by Crippen LogP contribution is -2.32. The third-order valence-electron chi connectivity index (χ3n) is 2.14. The maximum atomic E-state index is 11.4. The molecule has 0 aromatic carbocycles. The van der Waals surface area contributed by atoms with Crippen molar-refractivity contribution in [1.29, 1.82) is 0 Å². The van der Waals surface area contributed by atoms with Gasteiger partial charge in [0, 0.05) is 30.9 Å². The Labute approximate surface area is 123 Å². The van der Waals surface area contributed by atoms with E-state index in [2.05, 4.69) is 22.1 Å². The molecule has 0 aliphatic carbocycles. The second-order valence-electron chi connectivity index (χ2n) is 5.25. The molecule has 6 heteroatoms. The van der Waals surface area contributed by atoms with Crippen LogP contribution < -0.4 is 5.32 Å². The molecule has 1 rings (SSSR count). The quantitative estimate of drug-likeness (QED) is 0.657. The third kappa shape index (κ3) is 6.97. The van der Waals surface area contributed by atoms with Crippen LogP contribution in [0.2, 0.25) is 0 Å². The Morgan fingerprint density at radius 2 is 2.10 bits per heavy atom. The van der Waals surface area contributed by atoms with Crippen LogP contribution in [-0.2, 0) is 4.74 Å². The number of carbonyl (C=O) groups excluding carboxylic acids is 1. The molecule has 6 nitrogen and oxygen atoms in total. The molecule has 0 fully saturated rings. The number of alkyl carbamates (subject to hydrolysis) is 1. The van der Waals surface area contributed by atoms with E-state index in [9.17, 15) is 9.59 Å². The fourth-order valence-electron chi connectivity index (χ4n) is 1.33. The molecule has 1 aromatic heterocycles. The molecule has 0 saturated carbocycles. The molecule has 0 radical (unpaired) electrons. The van der Waals surface area contributed by atoms with Gasteiger partial charge < -0.3 is 15.2 Å². The van der Waals surface area contributed by atoms with Crippen LogP contribution in [-0.4, -0.2) is 34.3 Å². The van der Waals surface area contributed by atoms with Crippen molar-refractivity contribution in [2.45, 2.75) is 32.8 Å². The van der Waals surface area contributed by atoms with Gasteiger partial charge in [-0.1, -0.05) is 11.8 Å². The molecule has 21 heavy (non-hydrogen) atoms. The summed E-state index contributed by atoms with van der Waals surface area (Å²) < 4.78 is 5.07. The maximum absolute atomic E-state index is 11.4. The number of nitrogens with zero attached hydrogens (tertiary/aromatic N) is 1. The fraction of sp³-hybridized carbons (Fsp3) is 0.400. The molecule has 1 heterocycles. The minimum absolute atomic E-state index is 0.0914. The number of aromatic nitrogens is 1. The van der Waals surface area contributed by atoms with Crippen LogP contribution in [0.15, 0.2) is 18.5 Å². The summed E-state index contributed by atoms with van der Waals surface area (Å²) in [6, 6.07) is 1.45. The van der Waals surface area contributed by atoms with Crippen LogP contribution >= 0.6 is 0 Å². The normalized spacial score (nSPS) is 10.2. The predicted octanol–water partition coefficient (Wildman–Crippen LogP) is 2.05. The molecule has 112 valence electrons. The first-order chi connectivity index (χ1) is 9.78. The van der Waals surface area contributed by atoms with Gasteiger partial charge in [0.05, 0.1) is 5.56 Å². The highest BCUT2D eigenvalue weighted by atomic mass is 16.6. The third-order valence-corrected chi connectivity index (χ3v) is 2.14. The standard InChI is InChI=1S/C15H18N2O4/c1-15(2,3)21-14(20)17-7-5-4-6-11-8-12(13(18)19)10-16-9-11/h8-10H,5,7H2,1-3H3,(H,17,20)(H,18,19). The number of carboxylic acid groups (broad SMARTS) is 1. The molecule has 0 aliphatic heterocycles. The Balaban J connectivity index is 2.42. The van der Waals surface area contributed by atoms with E-state index in [1.807, 2.05) is 0 Å². The number of ether oxygens (including phenoxy) is 1. The van der Waals surface area contributed by atoms with Gasteiger partial charge in [-0.2, -0.15) is 0 Å². The number of carboxylic acids is 1. The number of aromatic carboxylic acids is 1. The van der Waals surface area contributed by atoms with Crippen molar-refractivity contribution in [3.05, 3.63) is 29.6 Å². The Morgan fingerprint density at radius 1 is 1.38 bits per heavy atom. The highest BCUT2D eigenvalue weighted by molar-refractivity contribution is 5.87. The first kappa shape index (κ1) is 16.5. The highest BCUT2D eigenvalue weighted by Gasteiger charge is 2.15. The number of carbonyl (C=O) groups is 2. The van der Waals surface area contributed by atoms with Crippen LogP contribution in [0, 0.1) is 11.8 Å². The van der Waals surface area contributed by atoms with E-state index < -0.39 is 17.7 Å². The van der Waals surface area contributed by atoms with E-state index in [0.29, 0.717) is 18.5 Å². The molecule has 1 amide bonds. The van der Waals surface area contributed by atoms with E-state index in [0.717, 1.165) is 0 Å². The number of nitrogens with one attached hydrogen (secondary N) is 1. The summed E-state index contributed by atoms with van der Waals surface area (Å²) in [5.41, 5.74) is 0.0828. The topological polar surface area (TPSA) is 88.5 Å². The zero-order valence-corrected chi connectivity index (χ0v) is 12.3. The summed E-state index contributed by atoms with van der Waals surface area (Å²) in [5.74, 6) is 4.58. The second-order valence-corrected chi connectivity index (χ2v) is 5.25. The Bertz CT molecular complexity index is 579. The molecule has 0 atom stereocenters. The average molecular weight is 290 g/mol. The van der Waals surface area contributed by atoms with Crippen molar-refractivity contribution >= 4 is 12.1 Å². The monoisotopic (exact) mass is 290 g/mol. The van der Waals surface area contributed by atoms with Crippen molar-refractivity contribution < 1.29 is 19.4 Å². The summed E-state index contributed by atoms with van der Waals surface area (Å²) in [4.78, 5) is 25.9. The van der Waals surface area contributed by atoms with E-state index >= 15 is 0 Å². The van der Waals surface area contributed by atoms with Gasteiger partial charge in [-0.25, -0.2) is 9.59 Å². The van der Waals surface area contributed by atoms with E-state index in [1.165, 1.54) is 18.5 Å². The van der Waals surface area contributed by atoms with E-state index in [4.69, 9.17) is 9.84 Å². The van der Waals surface area contributed by atoms with Crippen LogP contribution in [0.3, 0.4) is 0 Å². The zero-order chi connectivity index (χ0) is 15.9. The van der Waals surface area contributed by atoms with Crippen molar-refractivity contribution in [2.75, 3.05) is 6.54 Å². The van der Waals surface area contributed by atoms with Crippen LogP contribution in [0.5, 0.6) is 0 Å². The molecule has 0 saturated heterocycles. The first-order valence-corrected chi connectivity index (χ1v) is 6.42. The number of hydrogen-bond donors (Lipinski definition) is 2. The van der Waals surface area contributed by atoms with Gasteiger partial charge in [-0.15, -0.1) is 0 Å². The SMILES string of the molecule is CC(C)(C)OC(=O)NCCC#Cc1cncc(C(=O)O)c1. The summed E-state index contributed by atoms with van der Waals surface area (Å²) in [6.45, 7) is 5.71. The minimum Gasteiger partial charge on any atom is -0.478 e. The van der Waals surface area contributed by atoms with Gasteiger partial charge in [-0.3, -0.25) is 4.98 Å². The summed E-state index contributed by atoms with van der Waals surface area (Å²) in [5, 5.41) is 11.4. The average Bonchev–Trinajstić information content (AvgIpc) is 2.36. The first-order valence-electron chi connectivity index (χ1n) is 6.42. The highest BCUT2D eigenvalue weighted by Crippen LogP contribution is 2.06. The predicted molar refractivity (Wildman–Crippen MR) is 76.9 cm³/mol. The lowest BCUT2D eigenvalue weighted by molar-refractivity contribution is 0.0528. The zero-order valence-electron chi connectivity index (χ0n) is 12.3. The van der Waals surface area contributed by atoms with E-state index in [1.54, 1.807) is 20.8 Å². The second kappa shape index (κ2) is 7.29. The van der Waals surface area contributed by atoms with Crippen LogP contribution in [0.1, 0.15) is 43.1 Å². The lowest BCUT2D eigenvalue weighted by Gasteiger charge is -2.19. The Morgan fingerprint density at radius 3 is 2.71 bits per heavy atom. The Hall–Kier alpha value is -2.55. The van der Waals surface area contributed by atoms with Gasteiger partial charge in [0.2, 0.25) is 0 Å². The summed E-state index contributed by atoms with van der Waals surface area (Å²) >= 11 is 0. The largest absolute Gasteiger partial charge is 0.478 e. The molecule has 0 bridgehead atoms. The number of hydrogen-bond acceptors (Lipinski definition) is 4. The van der Waals surface area contributed by atoms with Crippen LogP contribution in [0.4, 0.5) is 4.79 Å². The molecule has 0 unspecified atom stereocenters. The summed E-state index contributed by atoms with van der Waals surface area (Å²) in [6.07, 6.45) is 2.69. The molecule has 1 aromatic rings. The van der Waals surface area contributed by atoms with Crippen LogP contribution in [0.25, 0.3) is 0 Å². The molecular weight excluding hydrogens is 272 g/mol. The lowest BCUT2D eigenvalue weighted by atomic mass is 10.2. The molecule has 0 spiro atoms. The number of pyridine rings is 1. The van der Waals surface area contributed by atoms with Gasteiger partial charge in [0.15, 0.2) is 0 Å². The van der Waals surface area contributed by atoms with Crippen molar-refractivity contribution in [2.24, 2.45) is 0 Å². The summed E-state index contributed by atoms with van der Waals surface area (Å²) in [7, 11) is 0. The van der Waals surface area contributed by atoms with Crippen molar-refractivity contribution in [3.63, 3.8) is 0 Å². The van der Waals surface area contributed by atoms with Gasteiger partial charge in [0.25, 0.3) is 0 Å². The minimum atomic E-state index is -1.04. The maximum Gasteiger partial charge on any atom is 0.407 e. The van der Waals surface area contributed by atoms with Gasteiger partial charge in [0.1, 0.15) is 5.60 Å². The number of amides is 1. The molecule has 2 N–H and O–H groups in total. The molecule has 0 aliphatic rings. The number of rotatable bonds is 3. The Kier molecular flexibility index (Phi) is 5.73. The van der Waals surface area contributed by atoms with E-state index in [-0.39, 0.29) is 5.56 Å². The smallest absolute Gasteiger partial charge is 0.407 e. The van der Waals surface area contributed by atoms with Gasteiger partial charge in [-0.05, 0) is 26.8 Å². The molecular formula is C15H18N2O4. The van der Waals surface area contributed by atoms with Gasteiger partial charge >= 0.3 is 12.1 Å². The van der Waals surface area contributed by atoms with Crippen molar-refractivity contribution in [1.82, 2.24) is 10.3 Å².